The number of guanidine groups is 1. The van der Waals surface area contributed by atoms with Gasteiger partial charge in [-0.2, -0.15) is 0 Å². The van der Waals surface area contributed by atoms with E-state index in [1.54, 1.807) is 7.11 Å². The number of benzene rings is 1. The van der Waals surface area contributed by atoms with Gasteiger partial charge in [0.05, 0.1) is 25.4 Å². The van der Waals surface area contributed by atoms with Crippen molar-refractivity contribution in [1.82, 2.24) is 15.6 Å². The Morgan fingerprint density at radius 2 is 1.92 bits per heavy atom. The minimum absolute atomic E-state index is 0. The highest BCUT2D eigenvalue weighted by Gasteiger charge is 2.07. The van der Waals surface area contributed by atoms with E-state index in [2.05, 4.69) is 39.7 Å². The van der Waals surface area contributed by atoms with Crippen molar-refractivity contribution < 1.29 is 4.74 Å². The zero-order valence-electron chi connectivity index (χ0n) is 14.3. The maximum Gasteiger partial charge on any atom is 0.213 e. The number of halogens is 1. The van der Waals surface area contributed by atoms with E-state index < -0.39 is 0 Å². The first kappa shape index (κ1) is 20.2. The summed E-state index contributed by atoms with van der Waals surface area (Å²) in [6.45, 7) is 5.47. The second-order valence-electron chi connectivity index (χ2n) is 5.14. The molecule has 6 heteroatoms. The molecule has 0 amide bonds. The molecule has 1 heterocycles. The van der Waals surface area contributed by atoms with E-state index in [1.165, 1.54) is 5.56 Å². The lowest BCUT2D eigenvalue weighted by Crippen LogP contribution is -2.38. The van der Waals surface area contributed by atoms with E-state index >= 15 is 0 Å². The first-order chi connectivity index (χ1) is 11.2. The van der Waals surface area contributed by atoms with Crippen LogP contribution >= 0.6 is 24.0 Å². The second kappa shape index (κ2) is 10.9. The molecule has 2 aromatic rings. The third-order valence-corrected chi connectivity index (χ3v) is 3.39. The number of nitrogens with zero attached hydrogens (tertiary/aromatic N) is 2. The summed E-state index contributed by atoms with van der Waals surface area (Å²) in [5.41, 5.74) is 2.09. The predicted octanol–water partition coefficient (Wildman–Crippen LogP) is 3.52. The van der Waals surface area contributed by atoms with Crippen molar-refractivity contribution in [2.24, 2.45) is 4.99 Å². The van der Waals surface area contributed by atoms with Crippen LogP contribution in [0.15, 0.2) is 53.5 Å². The molecule has 0 aliphatic rings. The molecular weight excluding hydrogens is 415 g/mol. The zero-order chi connectivity index (χ0) is 16.5. The fourth-order valence-electron chi connectivity index (χ4n) is 2.17. The molecule has 0 spiro atoms. The first-order valence-electron chi connectivity index (χ1n) is 7.82. The Hall–Kier alpha value is -1.83. The molecule has 24 heavy (non-hydrogen) atoms. The monoisotopic (exact) mass is 440 g/mol. The molecular formula is C18H25IN4O. The minimum atomic E-state index is 0. The second-order valence-corrected chi connectivity index (χ2v) is 5.14. The van der Waals surface area contributed by atoms with Gasteiger partial charge in [0.1, 0.15) is 0 Å². The summed E-state index contributed by atoms with van der Waals surface area (Å²) >= 11 is 0. The summed E-state index contributed by atoms with van der Waals surface area (Å²) in [4.78, 5) is 8.98. The van der Waals surface area contributed by atoms with Gasteiger partial charge in [0.25, 0.3) is 0 Å². The van der Waals surface area contributed by atoms with Crippen LogP contribution in [-0.4, -0.2) is 24.6 Å². The smallest absolute Gasteiger partial charge is 0.213 e. The number of rotatable bonds is 6. The number of hydrogen-bond donors (Lipinski definition) is 2. The van der Waals surface area contributed by atoms with Crippen LogP contribution in [0.5, 0.6) is 5.88 Å². The van der Waals surface area contributed by atoms with E-state index in [0.717, 1.165) is 18.2 Å². The van der Waals surface area contributed by atoms with Crippen LogP contribution in [0.3, 0.4) is 0 Å². The van der Waals surface area contributed by atoms with Crippen LogP contribution in [0.2, 0.25) is 0 Å². The number of nitrogens with one attached hydrogen (secondary N) is 2. The highest BCUT2D eigenvalue weighted by atomic mass is 127. The number of pyridine rings is 1. The maximum absolute atomic E-state index is 5.14. The zero-order valence-corrected chi connectivity index (χ0v) is 16.7. The molecule has 0 radical (unpaired) electrons. The normalized spacial score (nSPS) is 12.0. The average Bonchev–Trinajstić information content (AvgIpc) is 2.60. The van der Waals surface area contributed by atoms with E-state index in [-0.39, 0.29) is 30.0 Å². The molecule has 0 aliphatic carbocycles. The summed E-state index contributed by atoms with van der Waals surface area (Å²) in [5, 5.41) is 6.67. The highest BCUT2D eigenvalue weighted by Crippen LogP contribution is 2.11. The molecule has 1 aromatic carbocycles. The summed E-state index contributed by atoms with van der Waals surface area (Å²) in [7, 11) is 1.61. The Labute approximate surface area is 161 Å². The van der Waals surface area contributed by atoms with Gasteiger partial charge in [-0.3, -0.25) is 0 Å². The fraction of sp³-hybridized carbons (Fsp3) is 0.333. The lowest BCUT2D eigenvalue weighted by Gasteiger charge is -2.18. The molecule has 2 N–H and O–H groups in total. The molecule has 0 aliphatic heterocycles. The van der Waals surface area contributed by atoms with Crippen LogP contribution in [0.4, 0.5) is 0 Å². The lowest BCUT2D eigenvalue weighted by atomic mass is 10.1. The van der Waals surface area contributed by atoms with Crippen molar-refractivity contribution in [1.29, 1.82) is 0 Å². The molecule has 0 saturated carbocycles. The van der Waals surface area contributed by atoms with Gasteiger partial charge < -0.3 is 15.4 Å². The van der Waals surface area contributed by atoms with Gasteiger partial charge in [-0.25, -0.2) is 9.98 Å². The third-order valence-electron chi connectivity index (χ3n) is 3.39. The summed E-state index contributed by atoms with van der Waals surface area (Å²) in [5.74, 6) is 1.38. The highest BCUT2D eigenvalue weighted by molar-refractivity contribution is 14.0. The first-order valence-corrected chi connectivity index (χ1v) is 7.82. The largest absolute Gasteiger partial charge is 0.481 e. The Morgan fingerprint density at radius 3 is 2.58 bits per heavy atom. The van der Waals surface area contributed by atoms with Crippen molar-refractivity contribution in [3.05, 3.63) is 59.8 Å². The van der Waals surface area contributed by atoms with Crippen LogP contribution in [0.25, 0.3) is 0 Å². The van der Waals surface area contributed by atoms with Crippen molar-refractivity contribution >= 4 is 29.9 Å². The Kier molecular flexibility index (Phi) is 9.14. The average molecular weight is 440 g/mol. The predicted molar refractivity (Wildman–Crippen MR) is 109 cm³/mol. The van der Waals surface area contributed by atoms with Gasteiger partial charge >= 0.3 is 0 Å². The van der Waals surface area contributed by atoms with Gasteiger partial charge in [-0.05, 0) is 25.5 Å². The van der Waals surface area contributed by atoms with Crippen molar-refractivity contribution in [2.45, 2.75) is 26.4 Å². The molecule has 5 nitrogen and oxygen atoms in total. The summed E-state index contributed by atoms with van der Waals surface area (Å²) in [6.07, 6.45) is 0. The van der Waals surface area contributed by atoms with E-state index in [4.69, 9.17) is 4.74 Å². The van der Waals surface area contributed by atoms with Gasteiger partial charge in [0.15, 0.2) is 5.96 Å². The summed E-state index contributed by atoms with van der Waals surface area (Å²) < 4.78 is 5.14. The quantitative estimate of drug-likeness (QED) is 0.410. The Morgan fingerprint density at radius 1 is 1.17 bits per heavy atom. The Bertz CT molecular complexity index is 634. The standard InChI is InChI=1S/C18H24N4O.HI/c1-4-19-18(21-14(2)15-9-6-5-7-10-15)20-13-16-11-8-12-17(22-16)23-3;/h5-12,14H,4,13H2,1-3H3,(H2,19,20,21);1H. The van der Waals surface area contributed by atoms with Crippen molar-refractivity contribution in [3.63, 3.8) is 0 Å². The van der Waals surface area contributed by atoms with Gasteiger partial charge in [0, 0.05) is 12.6 Å². The number of aliphatic imine (C=N–C) groups is 1. The maximum atomic E-state index is 5.14. The molecule has 0 fully saturated rings. The number of methoxy groups -OCH3 is 1. The molecule has 1 atom stereocenters. The van der Waals surface area contributed by atoms with Crippen LogP contribution in [0, 0.1) is 0 Å². The van der Waals surface area contributed by atoms with Crippen molar-refractivity contribution in [3.8, 4) is 5.88 Å². The van der Waals surface area contributed by atoms with Crippen molar-refractivity contribution in [2.75, 3.05) is 13.7 Å². The van der Waals surface area contributed by atoms with E-state index in [0.29, 0.717) is 12.4 Å². The molecule has 0 bridgehead atoms. The Balaban J connectivity index is 0.00000288. The van der Waals surface area contributed by atoms with Gasteiger partial charge in [-0.1, -0.05) is 36.4 Å². The topological polar surface area (TPSA) is 58.5 Å². The number of ether oxygens (including phenoxy) is 1. The van der Waals surface area contributed by atoms with Crippen LogP contribution < -0.4 is 15.4 Å². The number of hydrogen-bond acceptors (Lipinski definition) is 3. The molecule has 2 rings (SSSR count). The molecule has 0 saturated heterocycles. The minimum Gasteiger partial charge on any atom is -0.481 e. The van der Waals surface area contributed by atoms with E-state index in [9.17, 15) is 0 Å². The fourth-order valence-corrected chi connectivity index (χ4v) is 2.17. The molecule has 1 aromatic heterocycles. The van der Waals surface area contributed by atoms with Gasteiger partial charge in [-0.15, -0.1) is 24.0 Å². The summed E-state index contributed by atoms with van der Waals surface area (Å²) in [6, 6.07) is 16.2. The lowest BCUT2D eigenvalue weighted by molar-refractivity contribution is 0.396. The van der Waals surface area contributed by atoms with Gasteiger partial charge in [0.2, 0.25) is 5.88 Å². The van der Waals surface area contributed by atoms with Crippen LogP contribution in [-0.2, 0) is 6.54 Å². The number of aromatic nitrogens is 1. The van der Waals surface area contributed by atoms with Crippen LogP contribution in [0.1, 0.15) is 31.1 Å². The third kappa shape index (κ3) is 6.35. The molecule has 1 unspecified atom stereocenters. The van der Waals surface area contributed by atoms with E-state index in [1.807, 2.05) is 43.3 Å². The molecule has 130 valence electrons. The SMILES string of the molecule is CCNC(=NCc1cccc(OC)n1)NC(C)c1ccccc1.I.